The van der Waals surface area contributed by atoms with Crippen molar-refractivity contribution in [2.24, 2.45) is 0 Å². The molecule has 1 fully saturated rings. The minimum atomic E-state index is -4.36. The second kappa shape index (κ2) is 3.92. The number of nitrogens with zero attached hydrogens (tertiary/aromatic N) is 2. The van der Waals surface area contributed by atoms with E-state index < -0.39 is 11.7 Å². The van der Waals surface area contributed by atoms with Gasteiger partial charge in [-0.25, -0.2) is 0 Å². The lowest BCUT2D eigenvalue weighted by molar-refractivity contribution is -0.137. The Morgan fingerprint density at radius 3 is 2.75 bits per heavy atom. The van der Waals surface area contributed by atoms with Crippen molar-refractivity contribution < 1.29 is 18.0 Å². The molecular weight excluding hydrogens is 221 g/mol. The summed E-state index contributed by atoms with van der Waals surface area (Å²) in [5.74, 6) is 0.0975. The molecule has 1 unspecified atom stereocenters. The topological polar surface area (TPSA) is 34.9 Å². The van der Waals surface area contributed by atoms with E-state index in [1.807, 2.05) is 0 Å². The fourth-order valence-electron chi connectivity index (χ4n) is 1.91. The normalized spacial score (nSPS) is 22.4. The van der Waals surface area contributed by atoms with Crippen LogP contribution in [0.3, 0.4) is 0 Å². The summed E-state index contributed by atoms with van der Waals surface area (Å²) < 4.78 is 38.2. The minimum Gasteiger partial charge on any atom is -0.300 e. The van der Waals surface area contributed by atoms with E-state index in [1.165, 1.54) is 4.68 Å². The Balaban J connectivity index is 2.15. The molecule has 0 aromatic carbocycles. The molecule has 1 aliphatic carbocycles. The average molecular weight is 232 g/mol. The third-order valence-electron chi connectivity index (χ3n) is 2.76. The SMILES string of the molecule is O=C1CCCC(n2cc(C(F)(F)F)cn2)C1. The van der Waals surface area contributed by atoms with Gasteiger partial charge in [0.15, 0.2) is 0 Å². The molecule has 0 aliphatic heterocycles. The van der Waals surface area contributed by atoms with Crippen LogP contribution in [-0.2, 0) is 11.0 Å². The molecule has 0 N–H and O–H groups in total. The molecule has 0 saturated heterocycles. The molecule has 6 heteroatoms. The van der Waals surface area contributed by atoms with E-state index in [-0.39, 0.29) is 11.8 Å². The van der Waals surface area contributed by atoms with Crippen molar-refractivity contribution in [3.63, 3.8) is 0 Å². The predicted octanol–water partition coefficient (Wildman–Crippen LogP) is 2.59. The summed E-state index contributed by atoms with van der Waals surface area (Å²) in [6.07, 6.45) is -0.322. The van der Waals surface area contributed by atoms with E-state index in [2.05, 4.69) is 5.10 Å². The maximum atomic E-state index is 12.3. The van der Waals surface area contributed by atoms with E-state index in [1.54, 1.807) is 0 Å². The molecule has 1 heterocycles. The number of hydrogen-bond donors (Lipinski definition) is 0. The molecular formula is C10H11F3N2O. The Morgan fingerprint density at radius 2 is 2.19 bits per heavy atom. The molecule has 88 valence electrons. The predicted molar refractivity (Wildman–Crippen MR) is 49.7 cm³/mol. The Morgan fingerprint density at radius 1 is 1.44 bits per heavy atom. The average Bonchev–Trinajstić information content (AvgIpc) is 2.65. The van der Waals surface area contributed by atoms with Gasteiger partial charge >= 0.3 is 6.18 Å². The van der Waals surface area contributed by atoms with Gasteiger partial charge in [-0.3, -0.25) is 9.48 Å². The maximum absolute atomic E-state index is 12.3. The van der Waals surface area contributed by atoms with Crippen LogP contribution < -0.4 is 0 Å². The minimum absolute atomic E-state index is 0.0975. The first-order valence-corrected chi connectivity index (χ1v) is 5.10. The number of Topliss-reactive ketones (excluding diaryl/α,β-unsaturated/α-hetero) is 1. The third-order valence-corrected chi connectivity index (χ3v) is 2.76. The fourth-order valence-corrected chi connectivity index (χ4v) is 1.91. The number of ketones is 1. The Labute approximate surface area is 90.2 Å². The lowest BCUT2D eigenvalue weighted by Gasteiger charge is -2.20. The standard InChI is InChI=1S/C10H11F3N2O/c11-10(12,13)7-5-14-15(6-7)8-2-1-3-9(16)4-8/h5-6,8H,1-4H2. The lowest BCUT2D eigenvalue weighted by Crippen LogP contribution is -2.19. The van der Waals surface area contributed by atoms with E-state index in [9.17, 15) is 18.0 Å². The van der Waals surface area contributed by atoms with Crippen molar-refractivity contribution in [2.75, 3.05) is 0 Å². The van der Waals surface area contributed by atoms with Crippen molar-refractivity contribution in [3.8, 4) is 0 Å². The second-order valence-electron chi connectivity index (χ2n) is 4.00. The first-order valence-electron chi connectivity index (χ1n) is 5.10. The monoisotopic (exact) mass is 232 g/mol. The zero-order valence-electron chi connectivity index (χ0n) is 8.50. The van der Waals surface area contributed by atoms with Gasteiger partial charge in [0.2, 0.25) is 0 Å². The van der Waals surface area contributed by atoms with E-state index in [4.69, 9.17) is 0 Å². The van der Waals surface area contributed by atoms with Crippen LogP contribution in [0.4, 0.5) is 13.2 Å². The highest BCUT2D eigenvalue weighted by molar-refractivity contribution is 5.79. The summed E-state index contributed by atoms with van der Waals surface area (Å²) >= 11 is 0. The number of alkyl halides is 3. The van der Waals surface area contributed by atoms with Crippen LogP contribution in [0.5, 0.6) is 0 Å². The summed E-state index contributed by atoms with van der Waals surface area (Å²) in [6.45, 7) is 0. The van der Waals surface area contributed by atoms with Gasteiger partial charge in [-0.1, -0.05) is 0 Å². The third kappa shape index (κ3) is 2.25. The van der Waals surface area contributed by atoms with Gasteiger partial charge in [-0.15, -0.1) is 0 Å². The molecule has 2 rings (SSSR count). The highest BCUT2D eigenvalue weighted by Crippen LogP contribution is 2.31. The van der Waals surface area contributed by atoms with E-state index in [0.717, 1.165) is 18.8 Å². The van der Waals surface area contributed by atoms with Gasteiger partial charge in [0.25, 0.3) is 0 Å². The Kier molecular flexibility index (Phi) is 2.73. The molecule has 1 aliphatic rings. The van der Waals surface area contributed by atoms with Gasteiger partial charge in [-0.2, -0.15) is 18.3 Å². The second-order valence-corrected chi connectivity index (χ2v) is 4.00. The lowest BCUT2D eigenvalue weighted by atomic mass is 9.94. The largest absolute Gasteiger partial charge is 0.419 e. The quantitative estimate of drug-likeness (QED) is 0.745. The number of halogens is 3. The molecule has 0 spiro atoms. The Hall–Kier alpha value is -1.33. The van der Waals surface area contributed by atoms with E-state index >= 15 is 0 Å². The molecule has 0 amide bonds. The molecule has 1 aromatic heterocycles. The number of carbonyl (C=O) groups excluding carboxylic acids is 1. The van der Waals surface area contributed by atoms with Crippen molar-refractivity contribution in [2.45, 2.75) is 37.9 Å². The van der Waals surface area contributed by atoms with Crippen LogP contribution in [0.2, 0.25) is 0 Å². The van der Waals surface area contributed by atoms with Crippen molar-refractivity contribution in [3.05, 3.63) is 18.0 Å². The highest BCUT2D eigenvalue weighted by Gasteiger charge is 2.33. The molecule has 1 aromatic rings. The van der Waals surface area contributed by atoms with E-state index in [0.29, 0.717) is 19.3 Å². The molecule has 1 atom stereocenters. The summed E-state index contributed by atoms with van der Waals surface area (Å²) in [7, 11) is 0. The molecule has 16 heavy (non-hydrogen) atoms. The van der Waals surface area contributed by atoms with Gasteiger partial charge in [0, 0.05) is 19.0 Å². The van der Waals surface area contributed by atoms with Gasteiger partial charge in [0.1, 0.15) is 5.78 Å². The van der Waals surface area contributed by atoms with Crippen molar-refractivity contribution in [1.82, 2.24) is 9.78 Å². The molecule has 1 saturated carbocycles. The van der Waals surface area contributed by atoms with Crippen molar-refractivity contribution >= 4 is 5.78 Å². The number of hydrogen-bond acceptors (Lipinski definition) is 2. The maximum Gasteiger partial charge on any atom is 0.419 e. The van der Waals surface area contributed by atoms with Crippen LogP contribution in [0.25, 0.3) is 0 Å². The zero-order chi connectivity index (χ0) is 11.8. The zero-order valence-corrected chi connectivity index (χ0v) is 8.50. The Bertz CT molecular complexity index is 397. The number of rotatable bonds is 1. The van der Waals surface area contributed by atoms with Gasteiger partial charge in [0.05, 0.1) is 17.8 Å². The molecule has 0 radical (unpaired) electrons. The fraction of sp³-hybridized carbons (Fsp3) is 0.600. The summed E-state index contributed by atoms with van der Waals surface area (Å²) in [5.41, 5.74) is -0.759. The van der Waals surface area contributed by atoms with Crippen LogP contribution >= 0.6 is 0 Å². The summed E-state index contributed by atoms with van der Waals surface area (Å²) in [6, 6.07) is -0.211. The number of aromatic nitrogens is 2. The molecule has 3 nitrogen and oxygen atoms in total. The van der Waals surface area contributed by atoms with Gasteiger partial charge < -0.3 is 0 Å². The first kappa shape index (κ1) is 11.2. The molecule has 0 bridgehead atoms. The summed E-state index contributed by atoms with van der Waals surface area (Å²) in [5, 5.41) is 3.69. The summed E-state index contributed by atoms with van der Waals surface area (Å²) in [4.78, 5) is 11.2. The van der Waals surface area contributed by atoms with Gasteiger partial charge in [-0.05, 0) is 12.8 Å². The van der Waals surface area contributed by atoms with Crippen LogP contribution in [0.1, 0.15) is 37.3 Å². The number of carbonyl (C=O) groups is 1. The van der Waals surface area contributed by atoms with Crippen LogP contribution in [0.15, 0.2) is 12.4 Å². The van der Waals surface area contributed by atoms with Crippen LogP contribution in [-0.4, -0.2) is 15.6 Å². The smallest absolute Gasteiger partial charge is 0.300 e. The van der Waals surface area contributed by atoms with Crippen molar-refractivity contribution in [1.29, 1.82) is 0 Å². The highest BCUT2D eigenvalue weighted by atomic mass is 19.4. The van der Waals surface area contributed by atoms with Crippen LogP contribution in [0, 0.1) is 0 Å². The first-order chi connectivity index (χ1) is 7.47.